The second-order valence-corrected chi connectivity index (χ2v) is 2.34. The van der Waals surface area contributed by atoms with Crippen LogP contribution in [0.3, 0.4) is 0 Å². The number of pyridine rings is 1. The van der Waals surface area contributed by atoms with E-state index in [2.05, 4.69) is 16.8 Å². The van der Waals surface area contributed by atoms with Gasteiger partial charge in [-0.05, 0) is 18.1 Å². The van der Waals surface area contributed by atoms with Gasteiger partial charge in [0.2, 0.25) is 0 Å². The van der Waals surface area contributed by atoms with E-state index in [1.807, 2.05) is 6.07 Å². The van der Waals surface area contributed by atoms with Gasteiger partial charge < -0.3 is 5.11 Å². The first-order valence-corrected chi connectivity index (χ1v) is 3.80. The number of hydrogen-bond donors (Lipinski definition) is 1. The van der Waals surface area contributed by atoms with E-state index < -0.39 is 5.97 Å². The maximum absolute atomic E-state index is 10.7. The molecular formula is C10H6N2O2. The molecule has 0 aliphatic carbocycles. The van der Waals surface area contributed by atoms with Gasteiger partial charge >= 0.3 is 5.97 Å². The molecule has 0 fully saturated rings. The number of carbonyl (C=O) groups is 1. The molecule has 68 valence electrons. The van der Waals surface area contributed by atoms with Crippen LogP contribution in [0.5, 0.6) is 0 Å². The Hall–Kier alpha value is -2.33. The zero-order chi connectivity index (χ0) is 10.4. The Bertz CT molecular complexity index is 449. The summed E-state index contributed by atoms with van der Waals surface area (Å²) in [6.45, 7) is 0. The number of nitrogens with zero attached hydrogens (tertiary/aromatic N) is 2. The Morgan fingerprint density at radius 1 is 1.64 bits per heavy atom. The smallest absolute Gasteiger partial charge is 0.338 e. The predicted octanol–water partition coefficient (Wildman–Crippen LogP) is 1.04. The highest BCUT2D eigenvalue weighted by Gasteiger charge is 2.07. The summed E-state index contributed by atoms with van der Waals surface area (Å²) in [6, 6.07) is 4.79. The van der Waals surface area contributed by atoms with Gasteiger partial charge in [0.1, 0.15) is 5.69 Å². The largest absolute Gasteiger partial charge is 0.478 e. The first kappa shape index (κ1) is 9.76. The summed E-state index contributed by atoms with van der Waals surface area (Å²) < 4.78 is 0. The third-order valence-corrected chi connectivity index (χ3v) is 1.41. The quantitative estimate of drug-likeness (QED) is 0.665. The molecule has 1 aromatic rings. The summed E-state index contributed by atoms with van der Waals surface area (Å²) in [5, 5.41) is 17.0. The number of aromatic carboxylic acids is 1. The van der Waals surface area contributed by atoms with Gasteiger partial charge in [-0.2, -0.15) is 5.26 Å². The van der Waals surface area contributed by atoms with Crippen LogP contribution in [-0.2, 0) is 0 Å². The van der Waals surface area contributed by atoms with Crippen molar-refractivity contribution in [1.29, 1.82) is 5.26 Å². The number of carboxylic acid groups (broad SMARTS) is 1. The van der Waals surface area contributed by atoms with Crippen molar-refractivity contribution < 1.29 is 9.90 Å². The van der Waals surface area contributed by atoms with Gasteiger partial charge in [-0.25, -0.2) is 9.78 Å². The van der Waals surface area contributed by atoms with Gasteiger partial charge in [-0.3, -0.25) is 0 Å². The van der Waals surface area contributed by atoms with E-state index >= 15 is 0 Å². The summed E-state index contributed by atoms with van der Waals surface area (Å²) in [6.07, 6.45) is 1.53. The zero-order valence-electron chi connectivity index (χ0n) is 7.19. The van der Waals surface area contributed by atoms with Crippen molar-refractivity contribution >= 4 is 5.97 Å². The Morgan fingerprint density at radius 3 is 3.07 bits per heavy atom. The summed E-state index contributed by atoms with van der Waals surface area (Å²) in [4.78, 5) is 14.5. The van der Waals surface area contributed by atoms with Crippen LogP contribution in [0.1, 0.15) is 22.5 Å². The van der Waals surface area contributed by atoms with E-state index in [4.69, 9.17) is 10.4 Å². The molecule has 0 radical (unpaired) electrons. The van der Waals surface area contributed by atoms with Gasteiger partial charge in [0.05, 0.1) is 18.1 Å². The third kappa shape index (κ3) is 2.33. The summed E-state index contributed by atoms with van der Waals surface area (Å²) in [7, 11) is 0. The number of aromatic nitrogens is 1. The molecule has 1 aromatic heterocycles. The Kier molecular flexibility index (Phi) is 3.23. The summed E-state index contributed by atoms with van der Waals surface area (Å²) in [5.74, 6) is 3.97. The molecule has 0 spiro atoms. The lowest BCUT2D eigenvalue weighted by atomic mass is 10.2. The van der Waals surface area contributed by atoms with Crippen LogP contribution in [0.4, 0.5) is 0 Å². The summed E-state index contributed by atoms with van der Waals surface area (Å²) >= 11 is 0. The minimum atomic E-state index is -1.07. The van der Waals surface area contributed by atoms with Crippen molar-refractivity contribution in [3.8, 4) is 17.9 Å². The van der Waals surface area contributed by atoms with Crippen molar-refractivity contribution in [3.05, 3.63) is 29.6 Å². The van der Waals surface area contributed by atoms with Crippen LogP contribution in [-0.4, -0.2) is 16.1 Å². The molecule has 4 nitrogen and oxygen atoms in total. The molecule has 0 aliphatic rings. The van der Waals surface area contributed by atoms with Crippen molar-refractivity contribution in [2.45, 2.75) is 6.42 Å². The van der Waals surface area contributed by atoms with Gasteiger partial charge in [0, 0.05) is 6.20 Å². The Balaban J connectivity index is 3.05. The molecule has 0 bridgehead atoms. The van der Waals surface area contributed by atoms with Crippen molar-refractivity contribution in [1.82, 2.24) is 4.98 Å². The normalized spacial score (nSPS) is 8.21. The monoisotopic (exact) mass is 186 g/mol. The maximum Gasteiger partial charge on any atom is 0.338 e. The minimum absolute atomic E-state index is 0.0536. The van der Waals surface area contributed by atoms with Crippen molar-refractivity contribution in [2.24, 2.45) is 0 Å². The van der Waals surface area contributed by atoms with Crippen LogP contribution in [0, 0.1) is 23.2 Å². The Morgan fingerprint density at radius 2 is 2.43 bits per heavy atom. The number of hydrogen-bond acceptors (Lipinski definition) is 3. The van der Waals surface area contributed by atoms with Crippen LogP contribution >= 0.6 is 0 Å². The first-order valence-electron chi connectivity index (χ1n) is 3.80. The average molecular weight is 186 g/mol. The van der Waals surface area contributed by atoms with E-state index in [9.17, 15) is 4.79 Å². The molecular weight excluding hydrogens is 180 g/mol. The Labute approximate surface area is 80.8 Å². The van der Waals surface area contributed by atoms with Crippen molar-refractivity contribution in [2.75, 3.05) is 0 Å². The zero-order valence-corrected chi connectivity index (χ0v) is 7.19. The lowest BCUT2D eigenvalue weighted by molar-refractivity contribution is 0.0696. The molecule has 0 saturated heterocycles. The molecule has 4 heteroatoms. The molecule has 14 heavy (non-hydrogen) atoms. The number of rotatable bonds is 1. The van der Waals surface area contributed by atoms with Gasteiger partial charge in [0.25, 0.3) is 0 Å². The second kappa shape index (κ2) is 4.64. The van der Waals surface area contributed by atoms with E-state index in [1.54, 1.807) is 0 Å². The second-order valence-electron chi connectivity index (χ2n) is 2.34. The van der Waals surface area contributed by atoms with Crippen LogP contribution in [0.2, 0.25) is 0 Å². The van der Waals surface area contributed by atoms with Gasteiger partial charge in [0.15, 0.2) is 0 Å². The summed E-state index contributed by atoms with van der Waals surface area (Å²) in [5.41, 5.74) is 0.244. The van der Waals surface area contributed by atoms with E-state index in [-0.39, 0.29) is 17.7 Å². The predicted molar refractivity (Wildman–Crippen MR) is 48.3 cm³/mol. The highest BCUT2D eigenvalue weighted by atomic mass is 16.4. The maximum atomic E-state index is 10.7. The van der Waals surface area contributed by atoms with E-state index in [0.29, 0.717) is 0 Å². The highest BCUT2D eigenvalue weighted by molar-refractivity contribution is 5.89. The van der Waals surface area contributed by atoms with Crippen LogP contribution in [0.25, 0.3) is 0 Å². The minimum Gasteiger partial charge on any atom is -0.478 e. The van der Waals surface area contributed by atoms with E-state index in [1.165, 1.54) is 18.3 Å². The average Bonchev–Trinajstić information content (AvgIpc) is 2.19. The highest BCUT2D eigenvalue weighted by Crippen LogP contribution is 2.03. The molecule has 0 atom stereocenters. The SMILES string of the molecule is N#CCC#Cc1ncccc1C(=O)O. The van der Waals surface area contributed by atoms with Crippen molar-refractivity contribution in [3.63, 3.8) is 0 Å². The third-order valence-electron chi connectivity index (χ3n) is 1.41. The van der Waals surface area contributed by atoms with Gasteiger partial charge in [-0.15, -0.1) is 0 Å². The fourth-order valence-electron chi connectivity index (χ4n) is 0.845. The molecule has 0 amide bonds. The van der Waals surface area contributed by atoms with Crippen LogP contribution < -0.4 is 0 Å². The lowest BCUT2D eigenvalue weighted by Crippen LogP contribution is -2.01. The molecule has 1 rings (SSSR count). The molecule has 0 aromatic carbocycles. The number of carboxylic acids is 1. The van der Waals surface area contributed by atoms with Gasteiger partial charge in [-0.1, -0.05) is 5.92 Å². The first-order chi connectivity index (χ1) is 6.75. The van der Waals surface area contributed by atoms with E-state index in [0.717, 1.165) is 0 Å². The number of nitriles is 1. The molecule has 1 heterocycles. The molecule has 0 saturated carbocycles. The molecule has 1 N–H and O–H groups in total. The van der Waals surface area contributed by atoms with Crippen LogP contribution in [0.15, 0.2) is 18.3 Å². The fraction of sp³-hybridized carbons (Fsp3) is 0.100. The standard InChI is InChI=1S/C10H6N2O2/c11-6-2-1-5-9-8(10(13)14)4-3-7-12-9/h3-4,7H,2H2,(H,13,14). The molecule has 0 unspecified atom stereocenters. The lowest BCUT2D eigenvalue weighted by Gasteiger charge is -1.95. The topological polar surface area (TPSA) is 74.0 Å². The molecule has 0 aliphatic heterocycles. The fourth-order valence-corrected chi connectivity index (χ4v) is 0.845.